The van der Waals surface area contributed by atoms with Crippen LogP contribution in [0.25, 0.3) is 33.4 Å². The molecule has 0 unspecified atom stereocenters. The number of carbonyl (C=O) groups excluding carboxylic acids is 5. The fourth-order valence-corrected chi connectivity index (χ4v) is 13.4. The first-order chi connectivity index (χ1) is 49.0. The molecule has 0 spiro atoms. The van der Waals surface area contributed by atoms with E-state index < -0.39 is 29.8 Å². The molecule has 1 N–H and O–H groups in total. The zero-order chi connectivity index (χ0) is 70.2. The van der Waals surface area contributed by atoms with Gasteiger partial charge in [-0.2, -0.15) is 0 Å². The molecule has 0 aromatic heterocycles. The maximum Gasteiger partial charge on any atom is 0.343 e. The van der Waals surface area contributed by atoms with Crippen LogP contribution in [0.1, 0.15) is 113 Å². The zero-order valence-corrected chi connectivity index (χ0v) is 56.5. The van der Waals surface area contributed by atoms with Gasteiger partial charge in [0.25, 0.3) is 0 Å². The Morgan fingerprint density at radius 2 is 0.614 bits per heavy atom. The molecule has 11 aromatic carbocycles. The third-order valence-corrected chi connectivity index (χ3v) is 18.5. The first kappa shape index (κ1) is 65.6. The Hall–Kier alpha value is -12.6. The predicted octanol–water partition coefficient (Wildman–Crippen LogP) is 16.7. The third-order valence-electron chi connectivity index (χ3n) is 18.5. The molecule has 0 fully saturated rings. The zero-order valence-electron chi connectivity index (χ0n) is 56.5. The summed E-state index contributed by atoms with van der Waals surface area (Å²) in [4.78, 5) is 71.7. The first-order valence-electron chi connectivity index (χ1n) is 32.6. The van der Waals surface area contributed by atoms with Crippen molar-refractivity contribution in [3.63, 3.8) is 0 Å². The molecule has 0 saturated heterocycles. The molecule has 0 aliphatic heterocycles. The van der Waals surface area contributed by atoms with Crippen LogP contribution in [0.3, 0.4) is 0 Å². The number of anilines is 1. The number of hydrogen-bond donors (Lipinski definition) is 1. The van der Waals surface area contributed by atoms with Gasteiger partial charge < -0.3 is 57.4 Å². The molecular weight excluding hydrogens is 1280 g/mol. The highest BCUT2D eigenvalue weighted by Gasteiger charge is 2.40. The van der Waals surface area contributed by atoms with Crippen LogP contribution < -0.4 is 57.4 Å². The smallest absolute Gasteiger partial charge is 0.343 e. The van der Waals surface area contributed by atoms with Gasteiger partial charge >= 0.3 is 29.8 Å². The van der Waals surface area contributed by atoms with Crippen LogP contribution in [-0.4, -0.2) is 65.4 Å². The molecule has 3 aliphatic carbocycles. The van der Waals surface area contributed by atoms with Gasteiger partial charge in [0.2, 0.25) is 0 Å². The number of nitrogens with one attached hydrogen (secondary N) is 1. The van der Waals surface area contributed by atoms with E-state index in [9.17, 15) is 24.0 Å². The maximum absolute atomic E-state index is 14.5. The van der Waals surface area contributed by atoms with Crippen LogP contribution in [0.15, 0.2) is 194 Å². The number of rotatable bonds is 21. The third kappa shape index (κ3) is 13.2. The minimum Gasteiger partial charge on any atom is -0.497 e. The Morgan fingerprint density at radius 3 is 0.911 bits per heavy atom. The highest BCUT2D eigenvalue weighted by Crippen LogP contribution is 2.60. The summed E-state index contributed by atoms with van der Waals surface area (Å²) in [6.45, 7) is 7.13. The topological polar surface area (TPSA) is 199 Å². The molecule has 0 atom stereocenters. The SMILES string of the molecule is COc1ccc(C(=O)Oc2cc3c(cc2OCc2ccc(NCc4c(C)cc(C)cc4C)cc2)Cc2c-3c3c(c4c2-c2cc(OC(=O)c5ccc(OC)cc5)c(OC(=O)c5ccc(OC)cc5)cc2C4)-c2cc(OC(=O)c4ccc(OC)cc4)c(OC(=O)c4ccc(OC)cc4)cc2C3)cc1. The molecule has 0 amide bonds. The van der Waals surface area contributed by atoms with Crippen molar-refractivity contribution in [1.82, 2.24) is 0 Å². The number of hydrogen-bond acceptors (Lipinski definition) is 17. The summed E-state index contributed by atoms with van der Waals surface area (Å²) in [6, 6.07) is 55.5. The number of esters is 5. The van der Waals surface area contributed by atoms with Crippen molar-refractivity contribution in [2.24, 2.45) is 0 Å². The molecule has 17 heteroatoms. The molecule has 0 bridgehead atoms. The van der Waals surface area contributed by atoms with Crippen LogP contribution in [-0.2, 0) is 32.4 Å². The van der Waals surface area contributed by atoms with Crippen molar-refractivity contribution in [3.05, 3.63) is 283 Å². The molecule has 0 saturated carbocycles. The number of benzene rings is 11. The first-order valence-corrected chi connectivity index (χ1v) is 32.6. The normalized spacial score (nSPS) is 11.7. The summed E-state index contributed by atoms with van der Waals surface area (Å²) < 4.78 is 65.3. The summed E-state index contributed by atoms with van der Waals surface area (Å²) >= 11 is 0. The monoisotopic (exact) mass is 1350 g/mol. The van der Waals surface area contributed by atoms with E-state index in [0.717, 1.165) is 66.9 Å². The standard InChI is InChI=1S/C84H67NO16/c1-46-33-47(2)70(48(3)34-46)44-85-58-21-9-49(10-22-58)45-96-71-38-55-35-67-77(64(55)41-74(71)99-82(88)52-15-27-61(93-6)28-16-52)68-36-56-39-72(97-80(86)50-11-23-59(91-4)24-12-50)76(101-84(90)54-19-31-63(95-8)32-20-54)43-66(56)79(68)69-37-57-40-73(98-81(87)51-13-25-60(92-5)26-14-51)75(42-65(57)78(67)69)100-83(89)53-17-29-62(94-7)30-18-53/h9-34,38-43,85H,35-37,44-45H2,1-8H3. The lowest BCUT2D eigenvalue weighted by molar-refractivity contribution is 0.0682. The molecule has 17 nitrogen and oxygen atoms in total. The maximum atomic E-state index is 14.5. The summed E-state index contributed by atoms with van der Waals surface area (Å²) in [5.74, 6) is -0.504. The van der Waals surface area contributed by atoms with E-state index in [1.165, 1.54) is 50.7 Å². The van der Waals surface area contributed by atoms with Crippen LogP contribution in [0.4, 0.5) is 5.69 Å². The van der Waals surface area contributed by atoms with Crippen molar-refractivity contribution in [3.8, 4) is 96.6 Å². The van der Waals surface area contributed by atoms with Crippen molar-refractivity contribution in [1.29, 1.82) is 0 Å². The highest BCUT2D eigenvalue weighted by atomic mass is 16.6. The van der Waals surface area contributed by atoms with E-state index in [1.807, 2.05) is 36.4 Å². The van der Waals surface area contributed by atoms with Gasteiger partial charge in [0.15, 0.2) is 34.5 Å². The fourth-order valence-electron chi connectivity index (χ4n) is 13.4. The van der Waals surface area contributed by atoms with Crippen molar-refractivity contribution >= 4 is 35.5 Å². The molecular formula is C84H67NO16. The van der Waals surface area contributed by atoms with Gasteiger partial charge in [-0.25, -0.2) is 24.0 Å². The Balaban J connectivity index is 0.916. The largest absolute Gasteiger partial charge is 0.497 e. The summed E-state index contributed by atoms with van der Waals surface area (Å²) in [7, 11) is 7.65. The van der Waals surface area contributed by atoms with E-state index in [-0.39, 0.29) is 69.6 Å². The second-order valence-electron chi connectivity index (χ2n) is 24.8. The number of aryl methyl sites for hydroxylation is 3. The number of carbonyl (C=O) groups is 5. The van der Waals surface area contributed by atoms with E-state index in [2.05, 4.69) is 38.2 Å². The minimum absolute atomic E-state index is 0.0179. The summed E-state index contributed by atoms with van der Waals surface area (Å²) in [5, 5.41) is 3.58. The molecule has 14 rings (SSSR count). The number of ether oxygens (including phenoxy) is 11. The van der Waals surface area contributed by atoms with Crippen LogP contribution in [0.2, 0.25) is 0 Å². The van der Waals surface area contributed by atoms with Gasteiger partial charge in [0, 0.05) is 12.2 Å². The van der Waals surface area contributed by atoms with Crippen LogP contribution >= 0.6 is 0 Å². The predicted molar refractivity (Wildman–Crippen MR) is 380 cm³/mol. The number of methoxy groups -OCH3 is 5. The average molecular weight is 1350 g/mol. The Morgan fingerprint density at radius 1 is 0.337 bits per heavy atom. The van der Waals surface area contributed by atoms with E-state index in [0.29, 0.717) is 65.0 Å². The summed E-state index contributed by atoms with van der Waals surface area (Å²) in [5.41, 5.74) is 17.3. The van der Waals surface area contributed by atoms with Gasteiger partial charge in [-0.1, -0.05) is 29.8 Å². The van der Waals surface area contributed by atoms with Crippen LogP contribution in [0.5, 0.6) is 63.2 Å². The van der Waals surface area contributed by atoms with Crippen LogP contribution in [0, 0.1) is 20.8 Å². The summed E-state index contributed by atoms with van der Waals surface area (Å²) in [6.07, 6.45) is 0.924. The second kappa shape index (κ2) is 27.7. The highest BCUT2D eigenvalue weighted by molar-refractivity contribution is 6.04. The molecule has 3 aliphatic rings. The lowest BCUT2D eigenvalue weighted by Gasteiger charge is -2.18. The molecule has 0 heterocycles. The molecule has 11 aromatic rings. The molecule has 101 heavy (non-hydrogen) atoms. The average Bonchev–Trinajstić information content (AvgIpc) is 1.53. The van der Waals surface area contributed by atoms with Gasteiger partial charge in [0.1, 0.15) is 35.4 Å². The van der Waals surface area contributed by atoms with E-state index >= 15 is 0 Å². The molecule has 0 radical (unpaired) electrons. The lowest BCUT2D eigenvalue weighted by atomic mass is 9.86. The fraction of sp³-hybridized carbons (Fsp3) is 0.155. The van der Waals surface area contributed by atoms with Crippen molar-refractivity contribution < 1.29 is 76.1 Å². The van der Waals surface area contributed by atoms with Crippen molar-refractivity contribution in [2.75, 3.05) is 40.9 Å². The van der Waals surface area contributed by atoms with Crippen molar-refractivity contribution in [2.45, 2.75) is 53.2 Å². The van der Waals surface area contributed by atoms with Gasteiger partial charge in [0.05, 0.1) is 63.4 Å². The second-order valence-corrected chi connectivity index (χ2v) is 24.8. The van der Waals surface area contributed by atoms with Gasteiger partial charge in [-0.3, -0.25) is 0 Å². The van der Waals surface area contributed by atoms with E-state index in [1.54, 1.807) is 153 Å². The van der Waals surface area contributed by atoms with E-state index in [4.69, 9.17) is 52.1 Å². The minimum atomic E-state index is -0.732. The van der Waals surface area contributed by atoms with Gasteiger partial charge in [-0.05, 0) is 299 Å². The quantitative estimate of drug-likeness (QED) is 0.0526. The number of fused-ring (bicyclic) bond motifs is 12. The Labute approximate surface area is 582 Å². The molecule has 504 valence electrons. The Kier molecular flexibility index (Phi) is 18.0. The Bertz CT molecular complexity index is 5030. The lowest BCUT2D eigenvalue weighted by Crippen LogP contribution is -2.13. The van der Waals surface area contributed by atoms with Gasteiger partial charge in [-0.15, -0.1) is 0 Å².